The third-order valence-electron chi connectivity index (χ3n) is 4.88. The van der Waals surface area contributed by atoms with E-state index in [2.05, 4.69) is 72.2 Å². The Hall–Kier alpha value is -1.96. The van der Waals surface area contributed by atoms with Crippen LogP contribution in [0.25, 0.3) is 0 Å². The van der Waals surface area contributed by atoms with Crippen molar-refractivity contribution in [2.75, 3.05) is 36.0 Å². The van der Waals surface area contributed by atoms with Gasteiger partial charge in [0, 0.05) is 37.6 Å². The predicted molar refractivity (Wildman–Crippen MR) is 101 cm³/mol. The quantitative estimate of drug-likeness (QED) is 0.761. The summed E-state index contributed by atoms with van der Waals surface area (Å²) in [5.74, 6) is 0. The molecule has 1 aliphatic heterocycles. The van der Waals surface area contributed by atoms with E-state index in [4.69, 9.17) is 0 Å². The van der Waals surface area contributed by atoms with Gasteiger partial charge in [0.05, 0.1) is 0 Å². The summed E-state index contributed by atoms with van der Waals surface area (Å²) in [4.78, 5) is 5.01. The molecule has 1 heterocycles. The highest BCUT2D eigenvalue weighted by molar-refractivity contribution is 5.65. The van der Waals surface area contributed by atoms with Crippen molar-refractivity contribution in [3.05, 3.63) is 59.7 Å². The average molecular weight is 308 g/mol. The van der Waals surface area contributed by atoms with Gasteiger partial charge in [0.2, 0.25) is 0 Å². The first-order chi connectivity index (χ1) is 11.3. The molecule has 0 N–H and O–H groups in total. The molecule has 0 spiro atoms. The summed E-state index contributed by atoms with van der Waals surface area (Å²) in [5, 5.41) is 0. The van der Waals surface area contributed by atoms with Crippen LogP contribution in [-0.2, 0) is 6.42 Å². The van der Waals surface area contributed by atoms with E-state index in [-0.39, 0.29) is 0 Å². The molecular formula is C21H28N2. The van der Waals surface area contributed by atoms with Crippen LogP contribution < -0.4 is 9.80 Å². The Balaban J connectivity index is 1.93. The van der Waals surface area contributed by atoms with E-state index in [9.17, 15) is 0 Å². The molecule has 122 valence electrons. The van der Waals surface area contributed by atoms with Crippen molar-refractivity contribution in [2.24, 2.45) is 0 Å². The molecule has 0 atom stereocenters. The summed E-state index contributed by atoms with van der Waals surface area (Å²) >= 11 is 0. The fourth-order valence-electron chi connectivity index (χ4n) is 3.55. The zero-order valence-corrected chi connectivity index (χ0v) is 14.5. The molecule has 0 radical (unpaired) electrons. The molecule has 2 nitrogen and oxygen atoms in total. The largest absolute Gasteiger partial charge is 0.372 e. The first-order valence-electron chi connectivity index (χ1n) is 8.98. The van der Waals surface area contributed by atoms with Crippen molar-refractivity contribution < 1.29 is 0 Å². The summed E-state index contributed by atoms with van der Waals surface area (Å²) in [7, 11) is 0. The van der Waals surface area contributed by atoms with Gasteiger partial charge in [0.1, 0.15) is 0 Å². The van der Waals surface area contributed by atoms with E-state index in [1.807, 2.05) is 0 Å². The van der Waals surface area contributed by atoms with Crippen molar-refractivity contribution in [2.45, 2.75) is 33.1 Å². The summed E-state index contributed by atoms with van der Waals surface area (Å²) in [6.07, 6.45) is 3.66. The normalized spacial score (nSPS) is 14.3. The Bertz CT molecular complexity index is 611. The Kier molecular flexibility index (Phi) is 5.22. The van der Waals surface area contributed by atoms with Gasteiger partial charge in [0.15, 0.2) is 0 Å². The number of benzene rings is 2. The Morgan fingerprint density at radius 3 is 2.26 bits per heavy atom. The van der Waals surface area contributed by atoms with Gasteiger partial charge >= 0.3 is 0 Å². The Morgan fingerprint density at radius 1 is 0.913 bits per heavy atom. The van der Waals surface area contributed by atoms with Crippen LogP contribution in [0.3, 0.4) is 0 Å². The summed E-state index contributed by atoms with van der Waals surface area (Å²) < 4.78 is 0. The molecule has 1 saturated heterocycles. The molecule has 1 fully saturated rings. The van der Waals surface area contributed by atoms with Crippen molar-refractivity contribution in [1.29, 1.82) is 0 Å². The highest BCUT2D eigenvalue weighted by Gasteiger charge is 2.16. The van der Waals surface area contributed by atoms with Crippen LogP contribution in [0.4, 0.5) is 11.4 Å². The van der Waals surface area contributed by atoms with Crippen LogP contribution in [0, 0.1) is 0 Å². The zero-order chi connectivity index (χ0) is 16.1. The van der Waals surface area contributed by atoms with Crippen molar-refractivity contribution in [1.82, 2.24) is 0 Å². The molecule has 0 unspecified atom stereocenters. The Labute approximate surface area is 140 Å². The van der Waals surface area contributed by atoms with Gasteiger partial charge in [-0.25, -0.2) is 0 Å². The monoisotopic (exact) mass is 308 g/mol. The van der Waals surface area contributed by atoms with Gasteiger partial charge < -0.3 is 9.80 Å². The van der Waals surface area contributed by atoms with Gasteiger partial charge in [-0.15, -0.1) is 0 Å². The summed E-state index contributed by atoms with van der Waals surface area (Å²) in [6.45, 7) is 9.02. The van der Waals surface area contributed by atoms with E-state index in [0.29, 0.717) is 0 Å². The smallest absolute Gasteiger partial charge is 0.0422 e. The first kappa shape index (κ1) is 15.9. The number of anilines is 2. The van der Waals surface area contributed by atoms with E-state index in [0.717, 1.165) is 19.5 Å². The maximum Gasteiger partial charge on any atom is 0.0422 e. The van der Waals surface area contributed by atoms with Crippen LogP contribution in [0.2, 0.25) is 0 Å². The highest BCUT2D eigenvalue weighted by Crippen LogP contribution is 2.30. The summed E-state index contributed by atoms with van der Waals surface area (Å²) in [6, 6.07) is 17.9. The third-order valence-corrected chi connectivity index (χ3v) is 4.88. The van der Waals surface area contributed by atoms with Gasteiger partial charge in [-0.2, -0.15) is 0 Å². The zero-order valence-electron chi connectivity index (χ0n) is 14.5. The van der Waals surface area contributed by atoms with Gasteiger partial charge in [-0.05, 0) is 56.4 Å². The summed E-state index contributed by atoms with van der Waals surface area (Å²) in [5.41, 5.74) is 5.61. The average Bonchev–Trinajstić information content (AvgIpc) is 3.13. The van der Waals surface area contributed by atoms with E-state index >= 15 is 0 Å². The second-order valence-corrected chi connectivity index (χ2v) is 6.34. The molecule has 0 amide bonds. The van der Waals surface area contributed by atoms with Crippen molar-refractivity contribution >= 4 is 11.4 Å². The van der Waals surface area contributed by atoms with Gasteiger partial charge in [-0.3, -0.25) is 0 Å². The fraction of sp³-hybridized carbons (Fsp3) is 0.429. The van der Waals surface area contributed by atoms with Gasteiger partial charge in [-0.1, -0.05) is 36.4 Å². The lowest BCUT2D eigenvalue weighted by Crippen LogP contribution is -2.24. The van der Waals surface area contributed by atoms with Crippen LogP contribution in [0.15, 0.2) is 48.5 Å². The molecule has 0 bridgehead atoms. The van der Waals surface area contributed by atoms with Crippen molar-refractivity contribution in [3.8, 4) is 0 Å². The van der Waals surface area contributed by atoms with Crippen molar-refractivity contribution in [3.63, 3.8) is 0 Å². The second kappa shape index (κ2) is 7.54. The fourth-order valence-corrected chi connectivity index (χ4v) is 3.55. The molecule has 2 aromatic carbocycles. The highest BCUT2D eigenvalue weighted by atomic mass is 15.2. The van der Waals surface area contributed by atoms with E-state index in [1.54, 1.807) is 0 Å². The molecule has 0 saturated carbocycles. The predicted octanol–water partition coefficient (Wildman–Crippen LogP) is 4.72. The topological polar surface area (TPSA) is 6.48 Å². The SMILES string of the molecule is CCN(CC)c1cc(N2CCCC2)ccc1Cc1ccccc1. The molecule has 3 rings (SSSR count). The van der Waals surface area contributed by atoms with Crippen LogP contribution in [-0.4, -0.2) is 26.2 Å². The maximum atomic E-state index is 2.53. The number of rotatable bonds is 6. The molecule has 1 aliphatic rings. The molecule has 0 aliphatic carbocycles. The van der Waals surface area contributed by atoms with E-state index in [1.165, 1.54) is 48.4 Å². The minimum atomic E-state index is 1.01. The molecule has 0 aromatic heterocycles. The minimum Gasteiger partial charge on any atom is -0.372 e. The second-order valence-electron chi connectivity index (χ2n) is 6.34. The lowest BCUT2D eigenvalue weighted by molar-refractivity contribution is 0.855. The lowest BCUT2D eigenvalue weighted by atomic mass is 10.0. The lowest BCUT2D eigenvalue weighted by Gasteiger charge is -2.27. The van der Waals surface area contributed by atoms with Crippen LogP contribution in [0.5, 0.6) is 0 Å². The minimum absolute atomic E-state index is 1.01. The molecule has 23 heavy (non-hydrogen) atoms. The molecule has 2 heteroatoms. The van der Waals surface area contributed by atoms with Crippen LogP contribution in [0.1, 0.15) is 37.8 Å². The molecule has 2 aromatic rings. The maximum absolute atomic E-state index is 2.53. The van der Waals surface area contributed by atoms with Crippen LogP contribution >= 0.6 is 0 Å². The standard InChI is InChI=1S/C21H28N2/c1-3-22(4-2)21-17-20(23-14-8-9-15-23)13-12-19(21)16-18-10-6-5-7-11-18/h5-7,10-13,17H,3-4,8-9,14-16H2,1-2H3. The van der Waals surface area contributed by atoms with Gasteiger partial charge in [0.25, 0.3) is 0 Å². The number of hydrogen-bond donors (Lipinski definition) is 0. The molecular weight excluding hydrogens is 280 g/mol. The number of hydrogen-bond acceptors (Lipinski definition) is 2. The van der Waals surface area contributed by atoms with E-state index < -0.39 is 0 Å². The number of nitrogens with zero attached hydrogens (tertiary/aromatic N) is 2. The first-order valence-corrected chi connectivity index (χ1v) is 8.98. The third kappa shape index (κ3) is 3.69. The Morgan fingerprint density at radius 2 is 1.61 bits per heavy atom.